The number of hydrogen-bond donors (Lipinski definition) is 1. The highest BCUT2D eigenvalue weighted by molar-refractivity contribution is 6.16. The Hall–Kier alpha value is -1.75. The second kappa shape index (κ2) is 4.85. The van der Waals surface area contributed by atoms with Crippen molar-refractivity contribution in [1.82, 2.24) is 10.2 Å². The van der Waals surface area contributed by atoms with Crippen molar-refractivity contribution in [1.29, 1.82) is 0 Å². The quantitative estimate of drug-likeness (QED) is 0.831. The fraction of sp³-hybridized carbons (Fsp3) is 0.200. The Morgan fingerprint density at radius 3 is 3.00 bits per heavy atom. The van der Waals surface area contributed by atoms with Crippen molar-refractivity contribution < 1.29 is 9.15 Å². The van der Waals surface area contributed by atoms with Gasteiger partial charge >= 0.3 is 6.01 Å². The van der Waals surface area contributed by atoms with Crippen molar-refractivity contribution >= 4 is 23.3 Å². The maximum atomic E-state index is 5.55. The van der Waals surface area contributed by atoms with Crippen molar-refractivity contribution in [2.24, 2.45) is 0 Å². The molecule has 0 aliphatic rings. The van der Waals surface area contributed by atoms with Gasteiger partial charge in [-0.05, 0) is 12.1 Å². The third kappa shape index (κ3) is 2.43. The number of nitrogens with one attached hydrogen (secondary N) is 1. The van der Waals surface area contributed by atoms with Crippen LogP contribution in [0.15, 0.2) is 28.7 Å². The summed E-state index contributed by atoms with van der Waals surface area (Å²) in [7, 11) is 1.61. The van der Waals surface area contributed by atoms with Gasteiger partial charge in [0.05, 0.1) is 7.11 Å². The fourth-order valence-corrected chi connectivity index (χ4v) is 1.29. The average molecular weight is 240 g/mol. The summed E-state index contributed by atoms with van der Waals surface area (Å²) in [6, 6.07) is 7.71. The standard InChI is InChI=1S/C10H10ClN3O2/c1-15-8-4-2-3-7(5-8)12-10-14-13-9(6-11)16-10/h2-5H,6H2,1H3,(H,12,14). The van der Waals surface area contributed by atoms with E-state index in [1.54, 1.807) is 7.11 Å². The van der Waals surface area contributed by atoms with E-state index in [9.17, 15) is 0 Å². The topological polar surface area (TPSA) is 60.2 Å². The van der Waals surface area contributed by atoms with Gasteiger partial charge in [-0.15, -0.1) is 16.7 Å². The molecule has 0 atom stereocenters. The SMILES string of the molecule is COc1cccc(Nc2nnc(CCl)o2)c1. The Balaban J connectivity index is 2.13. The van der Waals surface area contributed by atoms with Crippen LogP contribution in [0.3, 0.4) is 0 Å². The minimum atomic E-state index is 0.201. The lowest BCUT2D eigenvalue weighted by Crippen LogP contribution is -1.91. The van der Waals surface area contributed by atoms with Crippen LogP contribution in [0.5, 0.6) is 5.75 Å². The summed E-state index contributed by atoms with van der Waals surface area (Å²) < 4.78 is 10.3. The second-order valence-electron chi connectivity index (χ2n) is 2.99. The van der Waals surface area contributed by atoms with Gasteiger partial charge in [0.15, 0.2) is 0 Å². The van der Waals surface area contributed by atoms with E-state index >= 15 is 0 Å². The van der Waals surface area contributed by atoms with Crippen LogP contribution < -0.4 is 10.1 Å². The third-order valence-electron chi connectivity index (χ3n) is 1.90. The molecule has 0 aliphatic heterocycles. The highest BCUT2D eigenvalue weighted by Gasteiger charge is 2.05. The van der Waals surface area contributed by atoms with E-state index < -0.39 is 0 Å². The molecule has 0 unspecified atom stereocenters. The summed E-state index contributed by atoms with van der Waals surface area (Å²) in [5.74, 6) is 1.33. The van der Waals surface area contributed by atoms with E-state index in [-0.39, 0.29) is 5.88 Å². The van der Waals surface area contributed by atoms with Crippen LogP contribution in [0.1, 0.15) is 5.89 Å². The van der Waals surface area contributed by atoms with E-state index in [4.69, 9.17) is 20.8 Å². The van der Waals surface area contributed by atoms with Crippen LogP contribution in [-0.4, -0.2) is 17.3 Å². The molecule has 2 aromatic rings. The zero-order valence-electron chi connectivity index (χ0n) is 8.61. The first-order valence-corrected chi connectivity index (χ1v) is 5.14. The van der Waals surface area contributed by atoms with Crippen molar-refractivity contribution in [3.05, 3.63) is 30.2 Å². The summed E-state index contributed by atoms with van der Waals surface area (Å²) in [6.07, 6.45) is 0. The summed E-state index contributed by atoms with van der Waals surface area (Å²) in [4.78, 5) is 0. The lowest BCUT2D eigenvalue weighted by atomic mass is 10.3. The predicted octanol–water partition coefficient (Wildman–Crippen LogP) is 2.56. The molecule has 16 heavy (non-hydrogen) atoms. The number of anilines is 2. The van der Waals surface area contributed by atoms with Crippen LogP contribution >= 0.6 is 11.6 Å². The number of nitrogens with zero attached hydrogens (tertiary/aromatic N) is 2. The summed E-state index contributed by atoms with van der Waals surface area (Å²) in [5.41, 5.74) is 0.809. The van der Waals surface area contributed by atoms with Gasteiger partial charge in [0.2, 0.25) is 5.89 Å². The molecule has 2 rings (SSSR count). The van der Waals surface area contributed by atoms with Crippen LogP contribution in [0, 0.1) is 0 Å². The molecule has 0 saturated heterocycles. The molecule has 0 saturated carbocycles. The van der Waals surface area contributed by atoms with Gasteiger partial charge in [0, 0.05) is 11.8 Å². The number of hydrogen-bond acceptors (Lipinski definition) is 5. The van der Waals surface area contributed by atoms with Gasteiger partial charge in [-0.3, -0.25) is 0 Å². The molecule has 1 N–H and O–H groups in total. The molecule has 0 spiro atoms. The number of methoxy groups -OCH3 is 1. The number of halogens is 1. The monoisotopic (exact) mass is 239 g/mol. The van der Waals surface area contributed by atoms with Crippen molar-refractivity contribution in [2.45, 2.75) is 5.88 Å². The molecule has 84 valence electrons. The van der Waals surface area contributed by atoms with Crippen molar-refractivity contribution in [3.8, 4) is 5.75 Å². The van der Waals surface area contributed by atoms with Gasteiger partial charge in [-0.1, -0.05) is 11.2 Å². The molecule has 0 fully saturated rings. The Bertz CT molecular complexity index is 473. The highest BCUT2D eigenvalue weighted by Crippen LogP contribution is 2.20. The molecule has 0 amide bonds. The number of rotatable bonds is 4. The van der Waals surface area contributed by atoms with Gasteiger partial charge < -0.3 is 14.5 Å². The first-order chi connectivity index (χ1) is 7.81. The zero-order valence-corrected chi connectivity index (χ0v) is 9.36. The Labute approximate surface area is 97.4 Å². The molecule has 0 aliphatic carbocycles. The first kappa shape index (κ1) is 10.8. The van der Waals surface area contributed by atoms with Gasteiger partial charge in [0.1, 0.15) is 11.6 Å². The predicted molar refractivity (Wildman–Crippen MR) is 60.1 cm³/mol. The van der Waals surface area contributed by atoms with E-state index in [1.807, 2.05) is 24.3 Å². The summed E-state index contributed by atoms with van der Waals surface area (Å²) in [5, 5.41) is 10.5. The Kier molecular flexibility index (Phi) is 3.26. The van der Waals surface area contributed by atoms with Gasteiger partial charge in [-0.25, -0.2) is 0 Å². The molecular formula is C10H10ClN3O2. The highest BCUT2D eigenvalue weighted by atomic mass is 35.5. The molecule has 0 radical (unpaired) electrons. The summed E-state index contributed by atoms with van der Waals surface area (Å²) >= 11 is 5.55. The largest absolute Gasteiger partial charge is 0.497 e. The van der Waals surface area contributed by atoms with E-state index in [1.165, 1.54) is 0 Å². The number of alkyl halides is 1. The van der Waals surface area contributed by atoms with Gasteiger partial charge in [-0.2, -0.15) is 0 Å². The number of aromatic nitrogens is 2. The average Bonchev–Trinajstić information content (AvgIpc) is 2.77. The molecular weight excluding hydrogens is 230 g/mol. The molecule has 1 aromatic carbocycles. The van der Waals surface area contributed by atoms with Crippen LogP contribution in [0.25, 0.3) is 0 Å². The summed E-state index contributed by atoms with van der Waals surface area (Å²) in [6.45, 7) is 0. The van der Waals surface area contributed by atoms with E-state index in [0.717, 1.165) is 11.4 Å². The van der Waals surface area contributed by atoms with Crippen LogP contribution in [0.2, 0.25) is 0 Å². The maximum absolute atomic E-state index is 5.55. The van der Waals surface area contributed by atoms with E-state index in [0.29, 0.717) is 11.9 Å². The molecule has 1 heterocycles. The first-order valence-electron chi connectivity index (χ1n) is 4.61. The van der Waals surface area contributed by atoms with Gasteiger partial charge in [0.25, 0.3) is 0 Å². The fourth-order valence-electron chi connectivity index (χ4n) is 1.18. The third-order valence-corrected chi connectivity index (χ3v) is 2.13. The smallest absolute Gasteiger partial charge is 0.320 e. The van der Waals surface area contributed by atoms with Crippen molar-refractivity contribution in [3.63, 3.8) is 0 Å². The molecule has 1 aromatic heterocycles. The molecule has 5 nitrogen and oxygen atoms in total. The molecule has 6 heteroatoms. The lowest BCUT2D eigenvalue weighted by Gasteiger charge is -2.03. The normalized spacial score (nSPS) is 10.1. The number of benzene rings is 1. The van der Waals surface area contributed by atoms with Crippen LogP contribution in [0.4, 0.5) is 11.7 Å². The zero-order chi connectivity index (χ0) is 11.4. The maximum Gasteiger partial charge on any atom is 0.320 e. The minimum Gasteiger partial charge on any atom is -0.497 e. The Morgan fingerprint density at radius 2 is 2.31 bits per heavy atom. The Morgan fingerprint density at radius 1 is 1.44 bits per heavy atom. The van der Waals surface area contributed by atoms with E-state index in [2.05, 4.69) is 15.5 Å². The lowest BCUT2D eigenvalue weighted by molar-refractivity contribution is 0.415. The number of ether oxygens (including phenoxy) is 1. The second-order valence-corrected chi connectivity index (χ2v) is 3.26. The minimum absolute atomic E-state index is 0.201. The van der Waals surface area contributed by atoms with Crippen LogP contribution in [-0.2, 0) is 5.88 Å². The molecule has 0 bridgehead atoms. The van der Waals surface area contributed by atoms with Crippen molar-refractivity contribution in [2.75, 3.05) is 12.4 Å².